The van der Waals surface area contributed by atoms with E-state index in [2.05, 4.69) is 15.7 Å². The van der Waals surface area contributed by atoms with Gasteiger partial charge in [-0.3, -0.25) is 4.79 Å². The van der Waals surface area contributed by atoms with Crippen LogP contribution in [0.15, 0.2) is 42.7 Å². The molecule has 0 radical (unpaired) electrons. The zero-order chi connectivity index (χ0) is 15.1. The van der Waals surface area contributed by atoms with Crippen molar-refractivity contribution >= 4 is 5.91 Å². The highest BCUT2D eigenvalue weighted by Crippen LogP contribution is 2.08. The topological polar surface area (TPSA) is 59.0 Å². The molecule has 0 fully saturated rings. The van der Waals surface area contributed by atoms with Crippen molar-refractivity contribution in [1.29, 1.82) is 0 Å². The molecule has 0 saturated carbocycles. The Morgan fingerprint density at radius 2 is 2.10 bits per heavy atom. The smallest absolute Gasteiger partial charge is 0.236 e. The average molecular weight is 286 g/mol. The SMILES string of the molecule is CCCNC(=O)C(C)NCc1ccc(-n2cccn2)cc1. The lowest BCUT2D eigenvalue weighted by molar-refractivity contribution is -0.122. The van der Waals surface area contributed by atoms with Gasteiger partial charge in [-0.25, -0.2) is 4.68 Å². The zero-order valence-corrected chi connectivity index (χ0v) is 12.5. The summed E-state index contributed by atoms with van der Waals surface area (Å²) in [6.45, 7) is 5.31. The third-order valence-corrected chi connectivity index (χ3v) is 3.26. The van der Waals surface area contributed by atoms with Crippen molar-refractivity contribution in [3.63, 3.8) is 0 Å². The molecule has 5 heteroatoms. The maximum Gasteiger partial charge on any atom is 0.236 e. The number of nitrogens with one attached hydrogen (secondary N) is 2. The summed E-state index contributed by atoms with van der Waals surface area (Å²) in [6, 6.07) is 9.83. The van der Waals surface area contributed by atoms with E-state index in [1.54, 1.807) is 6.20 Å². The predicted octanol–water partition coefficient (Wildman–Crippen LogP) is 1.88. The summed E-state index contributed by atoms with van der Waals surface area (Å²) in [4.78, 5) is 11.7. The van der Waals surface area contributed by atoms with Crippen LogP contribution in [0.1, 0.15) is 25.8 Å². The summed E-state index contributed by atoms with van der Waals surface area (Å²) in [5.41, 5.74) is 2.17. The molecule has 1 atom stereocenters. The molecule has 0 bridgehead atoms. The van der Waals surface area contributed by atoms with Crippen LogP contribution in [-0.4, -0.2) is 28.3 Å². The highest BCUT2D eigenvalue weighted by atomic mass is 16.2. The number of carbonyl (C=O) groups excluding carboxylic acids is 1. The molecule has 0 aliphatic heterocycles. The number of rotatable bonds is 7. The first-order valence-corrected chi connectivity index (χ1v) is 7.30. The van der Waals surface area contributed by atoms with E-state index in [4.69, 9.17) is 0 Å². The summed E-state index contributed by atoms with van der Waals surface area (Å²) in [6.07, 6.45) is 4.62. The molecule has 1 aromatic heterocycles. The van der Waals surface area contributed by atoms with Crippen LogP contribution in [0.4, 0.5) is 0 Å². The first kappa shape index (κ1) is 15.3. The highest BCUT2D eigenvalue weighted by molar-refractivity contribution is 5.81. The Morgan fingerprint density at radius 1 is 1.33 bits per heavy atom. The van der Waals surface area contributed by atoms with Gasteiger partial charge in [0.25, 0.3) is 0 Å². The summed E-state index contributed by atoms with van der Waals surface area (Å²) in [5.74, 6) is 0.0463. The number of benzene rings is 1. The van der Waals surface area contributed by atoms with Crippen LogP contribution in [0.5, 0.6) is 0 Å². The quantitative estimate of drug-likeness (QED) is 0.817. The molecule has 1 aromatic carbocycles. The number of hydrogen-bond acceptors (Lipinski definition) is 3. The molecule has 2 N–H and O–H groups in total. The van der Waals surface area contributed by atoms with Crippen molar-refractivity contribution < 1.29 is 4.79 Å². The lowest BCUT2D eigenvalue weighted by atomic mass is 10.2. The van der Waals surface area contributed by atoms with E-state index >= 15 is 0 Å². The minimum absolute atomic E-state index is 0.0463. The van der Waals surface area contributed by atoms with E-state index in [0.717, 1.165) is 24.2 Å². The first-order valence-electron chi connectivity index (χ1n) is 7.30. The summed E-state index contributed by atoms with van der Waals surface area (Å²) in [7, 11) is 0. The van der Waals surface area contributed by atoms with E-state index in [0.29, 0.717) is 6.54 Å². The Hall–Kier alpha value is -2.14. The van der Waals surface area contributed by atoms with Crippen LogP contribution >= 0.6 is 0 Å². The maximum absolute atomic E-state index is 11.7. The fraction of sp³-hybridized carbons (Fsp3) is 0.375. The van der Waals surface area contributed by atoms with Gasteiger partial charge in [0.1, 0.15) is 0 Å². The molecule has 2 aromatic rings. The zero-order valence-electron chi connectivity index (χ0n) is 12.5. The third kappa shape index (κ3) is 4.43. The minimum atomic E-state index is -0.192. The Kier molecular flexibility index (Phi) is 5.51. The molecule has 1 unspecified atom stereocenters. The van der Waals surface area contributed by atoms with Crippen molar-refractivity contribution in [1.82, 2.24) is 20.4 Å². The molecule has 0 aliphatic carbocycles. The summed E-state index contributed by atoms with van der Waals surface area (Å²) >= 11 is 0. The highest BCUT2D eigenvalue weighted by Gasteiger charge is 2.10. The number of amides is 1. The van der Waals surface area contributed by atoms with Gasteiger partial charge in [-0.15, -0.1) is 0 Å². The molecule has 0 spiro atoms. The van der Waals surface area contributed by atoms with Crippen molar-refractivity contribution in [3.05, 3.63) is 48.3 Å². The van der Waals surface area contributed by atoms with Gasteiger partial charge in [-0.1, -0.05) is 19.1 Å². The fourth-order valence-electron chi connectivity index (χ4n) is 1.95. The number of aromatic nitrogens is 2. The van der Waals surface area contributed by atoms with Crippen LogP contribution in [0.25, 0.3) is 5.69 Å². The lowest BCUT2D eigenvalue weighted by Crippen LogP contribution is -2.42. The number of nitrogens with zero attached hydrogens (tertiary/aromatic N) is 2. The van der Waals surface area contributed by atoms with Crippen LogP contribution < -0.4 is 10.6 Å². The Balaban J connectivity index is 1.85. The fourth-order valence-corrected chi connectivity index (χ4v) is 1.95. The molecule has 1 heterocycles. The predicted molar refractivity (Wildman–Crippen MR) is 83.2 cm³/mol. The van der Waals surface area contributed by atoms with E-state index in [1.165, 1.54) is 0 Å². The van der Waals surface area contributed by atoms with Crippen molar-refractivity contribution in [2.75, 3.05) is 6.54 Å². The Morgan fingerprint density at radius 3 is 2.71 bits per heavy atom. The van der Waals surface area contributed by atoms with Gasteiger partial charge in [0.05, 0.1) is 11.7 Å². The number of carbonyl (C=O) groups is 1. The van der Waals surface area contributed by atoms with Crippen molar-refractivity contribution in [3.8, 4) is 5.69 Å². The Bertz CT molecular complexity index is 548. The maximum atomic E-state index is 11.7. The first-order chi connectivity index (χ1) is 10.2. The largest absolute Gasteiger partial charge is 0.355 e. The van der Waals surface area contributed by atoms with Gasteiger partial charge in [-0.05, 0) is 37.1 Å². The average Bonchev–Trinajstić information content (AvgIpc) is 3.05. The van der Waals surface area contributed by atoms with Crippen molar-refractivity contribution in [2.45, 2.75) is 32.9 Å². The van der Waals surface area contributed by atoms with Crippen LogP contribution in [-0.2, 0) is 11.3 Å². The van der Waals surface area contributed by atoms with Gasteiger partial charge in [-0.2, -0.15) is 5.10 Å². The second-order valence-corrected chi connectivity index (χ2v) is 5.01. The Labute approximate surface area is 125 Å². The second kappa shape index (κ2) is 7.59. The molecule has 21 heavy (non-hydrogen) atoms. The standard InChI is InChI=1S/C16H22N4O/c1-3-9-17-16(21)13(2)18-12-14-5-7-15(8-6-14)20-11-4-10-19-20/h4-8,10-11,13,18H,3,9,12H2,1-2H3,(H,17,21). The molecule has 5 nitrogen and oxygen atoms in total. The second-order valence-electron chi connectivity index (χ2n) is 5.01. The van der Waals surface area contributed by atoms with Gasteiger partial charge in [0.2, 0.25) is 5.91 Å². The number of hydrogen-bond donors (Lipinski definition) is 2. The third-order valence-electron chi connectivity index (χ3n) is 3.26. The van der Waals surface area contributed by atoms with Crippen LogP contribution in [0.3, 0.4) is 0 Å². The van der Waals surface area contributed by atoms with Gasteiger partial charge >= 0.3 is 0 Å². The van der Waals surface area contributed by atoms with Gasteiger partial charge in [0.15, 0.2) is 0 Å². The minimum Gasteiger partial charge on any atom is -0.355 e. The van der Waals surface area contributed by atoms with Crippen LogP contribution in [0.2, 0.25) is 0 Å². The molecule has 1 amide bonds. The molecule has 2 rings (SSSR count). The molecule has 0 saturated heterocycles. The van der Waals surface area contributed by atoms with Crippen LogP contribution in [0, 0.1) is 0 Å². The van der Waals surface area contributed by atoms with E-state index in [1.807, 2.05) is 55.1 Å². The van der Waals surface area contributed by atoms with E-state index in [-0.39, 0.29) is 11.9 Å². The molecular formula is C16H22N4O. The van der Waals surface area contributed by atoms with Crippen molar-refractivity contribution in [2.24, 2.45) is 0 Å². The summed E-state index contributed by atoms with van der Waals surface area (Å²) in [5, 5.41) is 10.3. The van der Waals surface area contributed by atoms with E-state index < -0.39 is 0 Å². The van der Waals surface area contributed by atoms with E-state index in [9.17, 15) is 4.79 Å². The molecule has 0 aliphatic rings. The van der Waals surface area contributed by atoms with Gasteiger partial charge < -0.3 is 10.6 Å². The molecule has 112 valence electrons. The monoisotopic (exact) mass is 286 g/mol. The molecular weight excluding hydrogens is 264 g/mol. The summed E-state index contributed by atoms with van der Waals surface area (Å²) < 4.78 is 1.82. The van der Waals surface area contributed by atoms with Gasteiger partial charge in [0, 0.05) is 25.5 Å². The lowest BCUT2D eigenvalue weighted by Gasteiger charge is -2.14. The normalized spacial score (nSPS) is 12.1.